The van der Waals surface area contributed by atoms with Crippen LogP contribution in [-0.4, -0.2) is 10.0 Å². The molecule has 2 aromatic carbocycles. The minimum absolute atomic E-state index is 0.0378. The minimum atomic E-state index is -0.489. The summed E-state index contributed by atoms with van der Waals surface area (Å²) >= 11 is 5.09. The fraction of sp³-hybridized carbons (Fsp3) is 0.0714. The molecule has 0 amide bonds. The van der Waals surface area contributed by atoms with Gasteiger partial charge in [0.1, 0.15) is 5.82 Å². The maximum Gasteiger partial charge on any atom is 0.271 e. The van der Waals surface area contributed by atoms with Gasteiger partial charge in [-0.2, -0.15) is 0 Å². The van der Waals surface area contributed by atoms with Crippen LogP contribution in [0.25, 0.3) is 0 Å². The summed E-state index contributed by atoms with van der Waals surface area (Å²) in [5.74, 6) is -0.335. The van der Waals surface area contributed by atoms with Crippen molar-refractivity contribution >= 4 is 34.4 Å². The Hall–Kier alpha value is -2.54. The molecule has 0 atom stereocenters. The van der Waals surface area contributed by atoms with Gasteiger partial charge in [0.15, 0.2) is 5.11 Å². The zero-order chi connectivity index (χ0) is 15.4. The summed E-state index contributed by atoms with van der Waals surface area (Å²) in [6.45, 7) is 1.67. The Morgan fingerprint density at radius 1 is 1.19 bits per heavy atom. The van der Waals surface area contributed by atoms with E-state index in [1.807, 2.05) is 0 Å². The lowest BCUT2D eigenvalue weighted by Gasteiger charge is -2.11. The molecule has 2 N–H and O–H groups in total. The normalized spacial score (nSPS) is 10.0. The number of halogens is 1. The van der Waals surface area contributed by atoms with Gasteiger partial charge in [-0.15, -0.1) is 0 Å². The van der Waals surface area contributed by atoms with Crippen molar-refractivity contribution in [2.24, 2.45) is 0 Å². The van der Waals surface area contributed by atoms with E-state index in [1.165, 1.54) is 18.2 Å². The van der Waals surface area contributed by atoms with E-state index in [9.17, 15) is 14.5 Å². The van der Waals surface area contributed by atoms with Gasteiger partial charge in [-0.25, -0.2) is 4.39 Å². The number of thiocarbonyl (C=S) groups is 1. The van der Waals surface area contributed by atoms with E-state index in [-0.39, 0.29) is 16.6 Å². The standard InChI is InChI=1S/C14H12FN3O2S/c1-9-5-6-11(8-13(9)15)17-14(21)16-10-3-2-4-12(7-10)18(19)20/h2-8H,1H3,(H2,16,17,21). The fourth-order valence-electron chi connectivity index (χ4n) is 1.66. The summed E-state index contributed by atoms with van der Waals surface area (Å²) in [6, 6.07) is 10.6. The molecule has 0 unspecified atom stereocenters. The van der Waals surface area contributed by atoms with Gasteiger partial charge in [-0.3, -0.25) is 10.1 Å². The maximum absolute atomic E-state index is 13.4. The summed E-state index contributed by atoms with van der Waals surface area (Å²) in [5, 5.41) is 16.5. The third-order valence-corrected chi connectivity index (χ3v) is 2.95. The number of hydrogen-bond donors (Lipinski definition) is 2. The predicted octanol–water partition coefficient (Wildman–Crippen LogP) is 3.85. The van der Waals surface area contributed by atoms with Gasteiger partial charge in [0.2, 0.25) is 0 Å². The fourth-order valence-corrected chi connectivity index (χ4v) is 1.90. The molecule has 0 bridgehead atoms. The number of rotatable bonds is 3. The first-order valence-electron chi connectivity index (χ1n) is 6.04. The van der Waals surface area contributed by atoms with Crippen LogP contribution in [-0.2, 0) is 0 Å². The SMILES string of the molecule is Cc1ccc(NC(=S)Nc2cccc([N+](=O)[O-])c2)cc1F. The highest BCUT2D eigenvalue weighted by Gasteiger charge is 2.07. The number of anilines is 2. The molecule has 21 heavy (non-hydrogen) atoms. The van der Waals surface area contributed by atoms with Crippen molar-refractivity contribution in [3.8, 4) is 0 Å². The van der Waals surface area contributed by atoms with Gasteiger partial charge in [-0.05, 0) is 42.9 Å². The molecular weight excluding hydrogens is 293 g/mol. The van der Waals surface area contributed by atoms with Gasteiger partial charge >= 0.3 is 0 Å². The minimum Gasteiger partial charge on any atom is -0.332 e. The molecule has 108 valence electrons. The number of aryl methyl sites for hydroxylation is 1. The van der Waals surface area contributed by atoms with Gasteiger partial charge in [0, 0.05) is 23.5 Å². The van der Waals surface area contributed by atoms with Gasteiger partial charge < -0.3 is 10.6 Å². The van der Waals surface area contributed by atoms with Crippen LogP contribution >= 0.6 is 12.2 Å². The average Bonchev–Trinajstić information content (AvgIpc) is 2.43. The van der Waals surface area contributed by atoms with Crippen molar-refractivity contribution in [3.63, 3.8) is 0 Å². The summed E-state index contributed by atoms with van der Waals surface area (Å²) in [6.07, 6.45) is 0. The highest BCUT2D eigenvalue weighted by Crippen LogP contribution is 2.18. The molecule has 0 aliphatic rings. The van der Waals surface area contributed by atoms with Crippen LogP contribution in [0.1, 0.15) is 5.56 Å². The molecule has 0 aliphatic heterocycles. The second kappa shape index (κ2) is 6.27. The van der Waals surface area contributed by atoms with Crippen LogP contribution in [0, 0.1) is 22.9 Å². The number of hydrogen-bond acceptors (Lipinski definition) is 3. The van der Waals surface area contributed by atoms with Crippen molar-refractivity contribution in [2.75, 3.05) is 10.6 Å². The van der Waals surface area contributed by atoms with Crippen molar-refractivity contribution in [1.82, 2.24) is 0 Å². The monoisotopic (exact) mass is 305 g/mol. The van der Waals surface area contributed by atoms with Crippen molar-refractivity contribution in [3.05, 3.63) is 64.0 Å². The number of nitrogens with zero attached hydrogens (tertiary/aromatic N) is 1. The Labute approximate surface area is 125 Å². The second-order valence-corrected chi connectivity index (χ2v) is 4.76. The lowest BCUT2D eigenvalue weighted by atomic mass is 10.2. The van der Waals surface area contributed by atoms with E-state index in [0.717, 1.165) is 0 Å². The molecule has 0 aliphatic carbocycles. The van der Waals surface area contributed by atoms with E-state index in [0.29, 0.717) is 16.9 Å². The van der Waals surface area contributed by atoms with E-state index in [4.69, 9.17) is 12.2 Å². The highest BCUT2D eigenvalue weighted by atomic mass is 32.1. The molecule has 0 heterocycles. The van der Waals surface area contributed by atoms with Crippen LogP contribution in [0.2, 0.25) is 0 Å². The van der Waals surface area contributed by atoms with Crippen LogP contribution < -0.4 is 10.6 Å². The number of nitro groups is 1. The Bertz CT molecular complexity index is 706. The van der Waals surface area contributed by atoms with E-state index < -0.39 is 4.92 Å². The lowest BCUT2D eigenvalue weighted by molar-refractivity contribution is -0.384. The second-order valence-electron chi connectivity index (χ2n) is 4.35. The molecule has 5 nitrogen and oxygen atoms in total. The first-order chi connectivity index (χ1) is 9.95. The van der Waals surface area contributed by atoms with Crippen LogP contribution in [0.4, 0.5) is 21.5 Å². The molecule has 0 spiro atoms. The van der Waals surface area contributed by atoms with Crippen molar-refractivity contribution < 1.29 is 9.31 Å². The highest BCUT2D eigenvalue weighted by molar-refractivity contribution is 7.80. The average molecular weight is 305 g/mol. The van der Waals surface area contributed by atoms with Gasteiger partial charge in [-0.1, -0.05) is 12.1 Å². The maximum atomic E-state index is 13.4. The first-order valence-corrected chi connectivity index (χ1v) is 6.45. The van der Waals surface area contributed by atoms with E-state index in [1.54, 1.807) is 31.2 Å². The lowest BCUT2D eigenvalue weighted by Crippen LogP contribution is -2.19. The molecule has 0 saturated carbocycles. The molecule has 0 saturated heterocycles. The van der Waals surface area contributed by atoms with E-state index >= 15 is 0 Å². The van der Waals surface area contributed by atoms with Gasteiger partial charge in [0.05, 0.1) is 4.92 Å². The Morgan fingerprint density at radius 2 is 1.86 bits per heavy atom. The molecule has 0 radical (unpaired) electrons. The molecule has 2 rings (SSSR count). The van der Waals surface area contributed by atoms with Crippen molar-refractivity contribution in [1.29, 1.82) is 0 Å². The first kappa shape index (κ1) is 14.9. The summed E-state index contributed by atoms with van der Waals surface area (Å²) in [4.78, 5) is 10.2. The van der Waals surface area contributed by atoms with Gasteiger partial charge in [0.25, 0.3) is 5.69 Å². The Kier molecular flexibility index (Phi) is 4.44. The predicted molar refractivity (Wildman–Crippen MR) is 84.1 cm³/mol. The number of non-ortho nitro benzene ring substituents is 1. The zero-order valence-electron chi connectivity index (χ0n) is 11.1. The smallest absolute Gasteiger partial charge is 0.271 e. The molecule has 0 aromatic heterocycles. The Balaban J connectivity index is 2.06. The molecule has 2 aromatic rings. The van der Waals surface area contributed by atoms with Crippen LogP contribution in [0.15, 0.2) is 42.5 Å². The van der Waals surface area contributed by atoms with E-state index in [2.05, 4.69) is 10.6 Å². The van der Waals surface area contributed by atoms with Crippen molar-refractivity contribution in [2.45, 2.75) is 6.92 Å². The van der Waals surface area contributed by atoms with Crippen LogP contribution in [0.5, 0.6) is 0 Å². The summed E-state index contributed by atoms with van der Waals surface area (Å²) < 4.78 is 13.4. The molecular formula is C14H12FN3O2S. The summed E-state index contributed by atoms with van der Waals surface area (Å²) in [5.41, 5.74) is 1.48. The zero-order valence-corrected chi connectivity index (χ0v) is 11.9. The number of nitro benzene ring substituents is 1. The largest absolute Gasteiger partial charge is 0.332 e. The quantitative estimate of drug-likeness (QED) is 0.512. The number of benzene rings is 2. The third kappa shape index (κ3) is 3.96. The molecule has 0 fully saturated rings. The van der Waals surface area contributed by atoms with Crippen LogP contribution in [0.3, 0.4) is 0 Å². The third-order valence-electron chi connectivity index (χ3n) is 2.74. The molecule has 7 heteroatoms. The topological polar surface area (TPSA) is 67.2 Å². The Morgan fingerprint density at radius 3 is 2.48 bits per heavy atom. The number of nitrogens with one attached hydrogen (secondary N) is 2. The summed E-state index contributed by atoms with van der Waals surface area (Å²) in [7, 11) is 0.